The zero-order chi connectivity index (χ0) is 15.9. The summed E-state index contributed by atoms with van der Waals surface area (Å²) in [5.41, 5.74) is 11.4. The molecule has 0 aliphatic rings. The average Bonchev–Trinajstić information content (AvgIpc) is 2.44. The Morgan fingerprint density at radius 3 is 2.50 bits per heavy atom. The van der Waals surface area contributed by atoms with Crippen LogP contribution in [0.2, 0.25) is 0 Å². The molecule has 0 amide bonds. The van der Waals surface area contributed by atoms with Crippen LogP contribution in [0.15, 0.2) is 52.7 Å². The van der Waals surface area contributed by atoms with Crippen molar-refractivity contribution in [1.82, 2.24) is 0 Å². The number of hydrogen-bond acceptors (Lipinski definition) is 3. The normalized spacial score (nSPS) is 10.6. The van der Waals surface area contributed by atoms with E-state index in [0.717, 1.165) is 6.07 Å². The molecule has 0 saturated heterocycles. The summed E-state index contributed by atoms with van der Waals surface area (Å²) in [4.78, 5) is 0. The summed E-state index contributed by atoms with van der Waals surface area (Å²) < 4.78 is 31.6. The minimum atomic E-state index is -0.642. The lowest BCUT2D eigenvalue weighted by Gasteiger charge is -2.07. The van der Waals surface area contributed by atoms with E-state index in [9.17, 15) is 8.78 Å². The van der Waals surface area contributed by atoms with Crippen LogP contribution in [0, 0.1) is 11.6 Å². The summed E-state index contributed by atoms with van der Waals surface area (Å²) in [6, 6.07) is 10.2. The van der Waals surface area contributed by atoms with Crippen LogP contribution in [0.3, 0.4) is 0 Å². The second kappa shape index (κ2) is 7.16. The fourth-order valence-electron chi connectivity index (χ4n) is 1.71. The van der Waals surface area contributed by atoms with E-state index in [4.69, 9.17) is 16.2 Å². The van der Waals surface area contributed by atoms with E-state index in [1.54, 1.807) is 24.3 Å². The summed E-state index contributed by atoms with van der Waals surface area (Å²) in [5, 5.41) is 7.16. The maximum atomic E-state index is 13.1. The number of benzene rings is 2. The summed E-state index contributed by atoms with van der Waals surface area (Å²) in [7, 11) is 0. The third-order valence-corrected chi connectivity index (χ3v) is 2.57. The SMILES string of the molecule is NC(N)=NN=Cc1cccc(OCc2cc(F)cc(F)c2)c1. The van der Waals surface area contributed by atoms with Crippen LogP contribution in [0.25, 0.3) is 0 Å². The first kappa shape index (κ1) is 15.4. The summed E-state index contributed by atoms with van der Waals surface area (Å²) in [6.07, 6.45) is 1.45. The molecular formula is C15H14F2N4O. The Morgan fingerprint density at radius 2 is 1.82 bits per heavy atom. The second-order valence-corrected chi connectivity index (χ2v) is 4.41. The van der Waals surface area contributed by atoms with E-state index >= 15 is 0 Å². The predicted molar refractivity (Wildman–Crippen MR) is 80.5 cm³/mol. The van der Waals surface area contributed by atoms with Gasteiger partial charge in [0.15, 0.2) is 0 Å². The van der Waals surface area contributed by atoms with Crippen LogP contribution in [0.5, 0.6) is 5.75 Å². The van der Waals surface area contributed by atoms with E-state index in [2.05, 4.69) is 10.2 Å². The van der Waals surface area contributed by atoms with Crippen LogP contribution in [-0.2, 0) is 6.61 Å². The van der Waals surface area contributed by atoms with E-state index in [0.29, 0.717) is 16.9 Å². The molecule has 2 aromatic rings. The standard InChI is InChI=1S/C15H14F2N4O/c16-12-4-11(5-13(17)7-12)9-22-14-3-1-2-10(6-14)8-20-21-15(18)19/h1-8H,9H2,(H4,18,19,21). The molecule has 0 aliphatic heterocycles. The minimum absolute atomic E-state index is 0.0448. The van der Waals surface area contributed by atoms with E-state index in [1.807, 2.05) is 0 Å². The van der Waals surface area contributed by atoms with Crippen molar-refractivity contribution in [3.63, 3.8) is 0 Å². The van der Waals surface area contributed by atoms with Crippen molar-refractivity contribution in [3.8, 4) is 5.75 Å². The van der Waals surface area contributed by atoms with Gasteiger partial charge in [0.2, 0.25) is 5.96 Å². The lowest BCUT2D eigenvalue weighted by Crippen LogP contribution is -2.21. The van der Waals surface area contributed by atoms with Crippen LogP contribution < -0.4 is 16.2 Å². The molecule has 0 spiro atoms. The molecule has 114 valence electrons. The third-order valence-electron chi connectivity index (χ3n) is 2.57. The minimum Gasteiger partial charge on any atom is -0.489 e. The van der Waals surface area contributed by atoms with Crippen LogP contribution in [-0.4, -0.2) is 12.2 Å². The fourth-order valence-corrected chi connectivity index (χ4v) is 1.71. The number of halogens is 2. The van der Waals surface area contributed by atoms with Gasteiger partial charge in [-0.05, 0) is 35.4 Å². The first-order valence-electron chi connectivity index (χ1n) is 6.33. The van der Waals surface area contributed by atoms with Gasteiger partial charge in [0.05, 0.1) is 6.21 Å². The van der Waals surface area contributed by atoms with Gasteiger partial charge in [-0.3, -0.25) is 0 Å². The van der Waals surface area contributed by atoms with Gasteiger partial charge in [-0.1, -0.05) is 12.1 Å². The van der Waals surface area contributed by atoms with Gasteiger partial charge in [0, 0.05) is 6.07 Å². The van der Waals surface area contributed by atoms with Crippen molar-refractivity contribution < 1.29 is 13.5 Å². The number of hydrogen-bond donors (Lipinski definition) is 2. The maximum Gasteiger partial charge on any atom is 0.211 e. The monoisotopic (exact) mass is 304 g/mol. The molecule has 2 rings (SSSR count). The average molecular weight is 304 g/mol. The quantitative estimate of drug-likeness (QED) is 0.504. The summed E-state index contributed by atoms with van der Waals surface area (Å²) >= 11 is 0. The summed E-state index contributed by atoms with van der Waals surface area (Å²) in [6.45, 7) is 0.0448. The van der Waals surface area contributed by atoms with Crippen molar-refractivity contribution in [1.29, 1.82) is 0 Å². The molecule has 22 heavy (non-hydrogen) atoms. The molecule has 5 nitrogen and oxygen atoms in total. The predicted octanol–water partition coefficient (Wildman–Crippen LogP) is 2.15. The molecule has 7 heteroatoms. The smallest absolute Gasteiger partial charge is 0.211 e. The van der Waals surface area contributed by atoms with Crippen molar-refractivity contribution >= 4 is 12.2 Å². The van der Waals surface area contributed by atoms with Crippen LogP contribution in [0.4, 0.5) is 8.78 Å². The van der Waals surface area contributed by atoms with Crippen LogP contribution in [0.1, 0.15) is 11.1 Å². The molecule has 0 aromatic heterocycles. The van der Waals surface area contributed by atoms with Gasteiger partial charge in [-0.2, -0.15) is 5.10 Å². The topological polar surface area (TPSA) is 86.0 Å². The third kappa shape index (κ3) is 4.86. The first-order valence-corrected chi connectivity index (χ1v) is 6.33. The molecule has 0 atom stereocenters. The first-order chi connectivity index (χ1) is 10.5. The van der Waals surface area contributed by atoms with Gasteiger partial charge in [-0.15, -0.1) is 5.10 Å². The molecule has 0 radical (unpaired) electrons. The number of nitrogens with two attached hydrogens (primary N) is 2. The van der Waals surface area contributed by atoms with Gasteiger partial charge < -0.3 is 16.2 Å². The molecule has 0 bridgehead atoms. The highest BCUT2D eigenvalue weighted by molar-refractivity contribution is 5.81. The lowest BCUT2D eigenvalue weighted by molar-refractivity contribution is 0.305. The number of ether oxygens (including phenoxy) is 1. The molecule has 0 aliphatic carbocycles. The van der Waals surface area contributed by atoms with Crippen molar-refractivity contribution in [2.45, 2.75) is 6.61 Å². The highest BCUT2D eigenvalue weighted by atomic mass is 19.1. The molecule has 0 saturated carbocycles. The molecule has 0 unspecified atom stereocenters. The van der Waals surface area contributed by atoms with Crippen LogP contribution >= 0.6 is 0 Å². The van der Waals surface area contributed by atoms with Crippen molar-refractivity contribution in [2.24, 2.45) is 21.7 Å². The van der Waals surface area contributed by atoms with Gasteiger partial charge in [-0.25, -0.2) is 8.78 Å². The Morgan fingerprint density at radius 1 is 1.09 bits per heavy atom. The van der Waals surface area contributed by atoms with E-state index < -0.39 is 11.6 Å². The zero-order valence-corrected chi connectivity index (χ0v) is 11.5. The van der Waals surface area contributed by atoms with Crippen molar-refractivity contribution in [2.75, 3.05) is 0 Å². The fraction of sp³-hybridized carbons (Fsp3) is 0.0667. The largest absolute Gasteiger partial charge is 0.489 e. The molecular weight excluding hydrogens is 290 g/mol. The number of rotatable bonds is 5. The Bertz CT molecular complexity index is 692. The van der Waals surface area contributed by atoms with Crippen molar-refractivity contribution in [3.05, 3.63) is 65.2 Å². The Labute approximate surface area is 125 Å². The number of guanidine groups is 1. The number of nitrogens with zero attached hydrogens (tertiary/aromatic N) is 2. The van der Waals surface area contributed by atoms with Gasteiger partial charge in [0.1, 0.15) is 24.0 Å². The van der Waals surface area contributed by atoms with Gasteiger partial charge >= 0.3 is 0 Å². The Hall–Kier alpha value is -2.96. The molecule has 2 aromatic carbocycles. The summed E-state index contributed by atoms with van der Waals surface area (Å²) in [5.74, 6) is -0.899. The highest BCUT2D eigenvalue weighted by Crippen LogP contribution is 2.15. The maximum absolute atomic E-state index is 13.1. The Kier molecular flexibility index (Phi) is 5.02. The second-order valence-electron chi connectivity index (χ2n) is 4.41. The van der Waals surface area contributed by atoms with E-state index in [-0.39, 0.29) is 12.6 Å². The molecule has 0 fully saturated rings. The van der Waals surface area contributed by atoms with E-state index in [1.165, 1.54) is 18.3 Å². The Balaban J connectivity index is 2.04. The molecule has 0 heterocycles. The van der Waals surface area contributed by atoms with Gasteiger partial charge in [0.25, 0.3) is 0 Å². The molecule has 4 N–H and O–H groups in total. The highest BCUT2D eigenvalue weighted by Gasteiger charge is 2.02. The lowest BCUT2D eigenvalue weighted by atomic mass is 10.2. The zero-order valence-electron chi connectivity index (χ0n) is 11.5.